The van der Waals surface area contributed by atoms with Crippen LogP contribution in [0.3, 0.4) is 0 Å². The van der Waals surface area contributed by atoms with Crippen LogP contribution in [0.5, 0.6) is 0 Å². The van der Waals surface area contributed by atoms with Gasteiger partial charge >= 0.3 is 0 Å². The Morgan fingerprint density at radius 3 is 1.38 bits per heavy atom. The summed E-state index contributed by atoms with van der Waals surface area (Å²) in [6.07, 6.45) is 3.72. The Morgan fingerprint density at radius 2 is 1.08 bits per heavy atom. The number of allylic oxidation sites excluding steroid dienone is 2. The number of hydrogen-bond acceptors (Lipinski definition) is 6. The van der Waals surface area contributed by atoms with E-state index in [1.165, 1.54) is 10.2 Å². The number of nitrogens with zero attached hydrogens (tertiary/aromatic N) is 10. The second-order valence-corrected chi connectivity index (χ2v) is 5.34. The molecule has 0 spiro atoms. The van der Waals surface area contributed by atoms with Crippen LogP contribution in [-0.2, 0) is 0 Å². The normalized spacial score (nSPS) is 18.3. The van der Waals surface area contributed by atoms with E-state index in [-0.39, 0.29) is 0 Å². The van der Waals surface area contributed by atoms with Crippen molar-refractivity contribution in [2.24, 2.45) is 20.7 Å². The zero-order valence-electron chi connectivity index (χ0n) is 13.9. The van der Waals surface area contributed by atoms with Gasteiger partial charge in [0.25, 0.3) is 0 Å². The summed E-state index contributed by atoms with van der Waals surface area (Å²) < 4.78 is 0. The van der Waals surface area contributed by atoms with Crippen LogP contribution in [-0.4, -0.2) is 34.3 Å². The first-order valence-corrected chi connectivity index (χ1v) is 7.30. The summed E-state index contributed by atoms with van der Waals surface area (Å²) in [5.74, 6) is 0. The molecule has 10 nitrogen and oxygen atoms in total. The first-order chi connectivity index (χ1) is 11.5. The van der Waals surface area contributed by atoms with Gasteiger partial charge < -0.3 is 0 Å². The first kappa shape index (κ1) is 15.9. The van der Waals surface area contributed by atoms with Crippen molar-refractivity contribution in [1.82, 2.24) is 31.3 Å². The maximum absolute atomic E-state index is 4.15. The minimum absolute atomic E-state index is 0.702. The minimum Gasteiger partial charge on any atom is -0.278 e. The molecule has 0 N–H and O–H groups in total. The molecule has 0 aliphatic carbocycles. The van der Waals surface area contributed by atoms with Crippen LogP contribution in [0, 0.1) is 0 Å². The van der Waals surface area contributed by atoms with Crippen LogP contribution in [0.25, 0.3) is 0 Å². The third kappa shape index (κ3) is 3.67. The van der Waals surface area contributed by atoms with E-state index in [1.807, 2.05) is 64.6 Å². The quantitative estimate of drug-likeness (QED) is 0.796. The van der Waals surface area contributed by atoms with Gasteiger partial charge in [-0.05, 0) is 48.6 Å². The van der Waals surface area contributed by atoms with E-state index in [0.717, 1.165) is 11.4 Å². The minimum atomic E-state index is 0.702. The van der Waals surface area contributed by atoms with Gasteiger partial charge in [-0.15, -0.1) is 20.5 Å². The third-order valence-corrected chi connectivity index (χ3v) is 3.17. The standard InChI is InChI=1S/C14H18N10/c1-11-9-21(3)19-23(11)17-15-13-5-7-14(8-6-13)16-18-24-12(2)10-22(4)20-24/h5-10H,1-4H3. The predicted octanol–water partition coefficient (Wildman–Crippen LogP) is 2.77. The third-order valence-electron chi connectivity index (χ3n) is 3.17. The highest BCUT2D eigenvalue weighted by molar-refractivity contribution is 5.46. The monoisotopic (exact) mass is 326 g/mol. The van der Waals surface area contributed by atoms with Gasteiger partial charge in [-0.25, -0.2) is 0 Å². The average molecular weight is 326 g/mol. The van der Waals surface area contributed by atoms with Gasteiger partial charge in [0.15, 0.2) is 0 Å². The van der Waals surface area contributed by atoms with Crippen LogP contribution < -0.4 is 11.1 Å². The molecule has 0 amide bonds. The van der Waals surface area contributed by atoms with Gasteiger partial charge in [0.1, 0.15) is 0 Å². The molecule has 2 aliphatic rings. The van der Waals surface area contributed by atoms with Crippen molar-refractivity contribution in [1.29, 1.82) is 0 Å². The molecular formula is C14H18N10. The molecule has 0 unspecified atom stereocenters. The van der Waals surface area contributed by atoms with Crippen LogP contribution in [0.2, 0.25) is 0 Å². The largest absolute Gasteiger partial charge is 0.278 e. The summed E-state index contributed by atoms with van der Waals surface area (Å²) >= 11 is 0. The Morgan fingerprint density at radius 1 is 0.708 bits per heavy atom. The van der Waals surface area contributed by atoms with E-state index in [2.05, 4.69) is 31.7 Å². The molecule has 2 aliphatic heterocycles. The van der Waals surface area contributed by atoms with Crippen molar-refractivity contribution >= 4 is 11.4 Å². The van der Waals surface area contributed by atoms with Crippen molar-refractivity contribution in [3.8, 4) is 0 Å². The molecule has 0 bridgehead atoms. The second kappa shape index (κ2) is 6.64. The zero-order chi connectivity index (χ0) is 17.1. The Hall–Kier alpha value is -2.98. The van der Waals surface area contributed by atoms with E-state index in [4.69, 9.17) is 0 Å². The van der Waals surface area contributed by atoms with Crippen LogP contribution >= 0.6 is 0 Å². The van der Waals surface area contributed by atoms with Gasteiger partial charge in [0, 0.05) is 37.6 Å². The topological polar surface area (TPSA) is 90.6 Å². The molecule has 1 aromatic rings. The molecule has 2 radical (unpaired) electrons. The van der Waals surface area contributed by atoms with Gasteiger partial charge in [0.2, 0.25) is 0 Å². The molecular weight excluding hydrogens is 308 g/mol. The average Bonchev–Trinajstić information content (AvgIpc) is 3.04. The fourth-order valence-corrected chi connectivity index (χ4v) is 2.05. The summed E-state index contributed by atoms with van der Waals surface area (Å²) in [5.41, 5.74) is 11.5. The van der Waals surface area contributed by atoms with E-state index in [9.17, 15) is 0 Å². The molecule has 0 saturated carbocycles. The van der Waals surface area contributed by atoms with Crippen LogP contribution in [0.1, 0.15) is 13.8 Å². The molecule has 124 valence electrons. The van der Waals surface area contributed by atoms with Gasteiger partial charge in [0.05, 0.1) is 22.8 Å². The fourth-order valence-electron chi connectivity index (χ4n) is 2.05. The molecule has 10 heteroatoms. The Labute approximate surface area is 140 Å². The Kier molecular flexibility index (Phi) is 4.40. The lowest BCUT2D eigenvalue weighted by atomic mass is 10.3. The number of rotatable bonds is 4. The predicted molar refractivity (Wildman–Crippen MR) is 86.5 cm³/mol. The molecule has 2 heterocycles. The van der Waals surface area contributed by atoms with Crippen molar-refractivity contribution in [3.05, 3.63) is 48.1 Å². The van der Waals surface area contributed by atoms with Gasteiger partial charge in [-0.1, -0.05) is 0 Å². The van der Waals surface area contributed by atoms with E-state index < -0.39 is 0 Å². The van der Waals surface area contributed by atoms with E-state index >= 15 is 0 Å². The van der Waals surface area contributed by atoms with Gasteiger partial charge in [-0.3, -0.25) is 10.0 Å². The molecule has 0 saturated heterocycles. The summed E-state index contributed by atoms with van der Waals surface area (Å²) in [7, 11) is 3.67. The lowest BCUT2D eigenvalue weighted by Crippen LogP contribution is -2.26. The van der Waals surface area contributed by atoms with Crippen LogP contribution in [0.4, 0.5) is 11.4 Å². The number of hydrogen-bond donors (Lipinski definition) is 0. The maximum atomic E-state index is 4.15. The van der Waals surface area contributed by atoms with Crippen molar-refractivity contribution in [3.63, 3.8) is 0 Å². The van der Waals surface area contributed by atoms with Gasteiger partial charge in [-0.2, -0.15) is 0 Å². The summed E-state index contributed by atoms with van der Waals surface area (Å²) in [5, 5.41) is 22.7. The smallest absolute Gasteiger partial charge is 0.0876 e. The highest BCUT2D eigenvalue weighted by Crippen LogP contribution is 2.22. The molecule has 3 rings (SSSR count). The van der Waals surface area contributed by atoms with Crippen molar-refractivity contribution in [2.45, 2.75) is 13.8 Å². The van der Waals surface area contributed by atoms with Crippen LogP contribution in [0.15, 0.2) is 68.7 Å². The van der Waals surface area contributed by atoms with Crippen molar-refractivity contribution in [2.75, 3.05) is 14.1 Å². The van der Waals surface area contributed by atoms with E-state index in [0.29, 0.717) is 11.4 Å². The number of benzene rings is 1. The second-order valence-electron chi connectivity index (χ2n) is 5.34. The fraction of sp³-hybridized carbons (Fsp3) is 0.286. The maximum Gasteiger partial charge on any atom is 0.0876 e. The lowest BCUT2D eigenvalue weighted by Gasteiger charge is -2.10. The summed E-state index contributed by atoms with van der Waals surface area (Å²) in [4.78, 5) is 0. The highest BCUT2D eigenvalue weighted by atomic mass is 15.9. The SMILES string of the molecule is CC1=CN(C)[N]N1N=Nc1ccc(N=NN2[N]N(C)C=C2C)cc1. The molecule has 1 aromatic carbocycles. The highest BCUT2D eigenvalue weighted by Gasteiger charge is 2.16. The zero-order valence-corrected chi connectivity index (χ0v) is 13.9. The molecule has 0 aromatic heterocycles. The molecule has 0 fully saturated rings. The van der Waals surface area contributed by atoms with Crippen molar-refractivity contribution < 1.29 is 0 Å². The Balaban J connectivity index is 1.60. The summed E-state index contributed by atoms with van der Waals surface area (Å²) in [6, 6.07) is 7.25. The first-order valence-electron chi connectivity index (χ1n) is 7.30. The van der Waals surface area contributed by atoms with E-state index in [1.54, 1.807) is 10.0 Å². The molecule has 0 atom stereocenters. The summed E-state index contributed by atoms with van der Waals surface area (Å²) in [6.45, 7) is 3.82. The lowest BCUT2D eigenvalue weighted by molar-refractivity contribution is 0.137. The molecule has 24 heavy (non-hydrogen) atoms. The Bertz CT molecular complexity index is 644.